The lowest BCUT2D eigenvalue weighted by molar-refractivity contribution is 0.213. The van der Waals surface area contributed by atoms with E-state index in [1.807, 2.05) is 25.3 Å². The molecule has 0 bridgehead atoms. The summed E-state index contributed by atoms with van der Waals surface area (Å²) in [6, 6.07) is 3.97. The van der Waals surface area contributed by atoms with E-state index in [2.05, 4.69) is 15.4 Å². The van der Waals surface area contributed by atoms with Gasteiger partial charge in [-0.15, -0.1) is 5.10 Å². The predicted molar refractivity (Wildman–Crippen MR) is 69.6 cm³/mol. The van der Waals surface area contributed by atoms with E-state index in [4.69, 9.17) is 0 Å². The van der Waals surface area contributed by atoms with Crippen LogP contribution in [0.5, 0.6) is 0 Å². The standard InChI is InChI=1S/C13H18N4O/c1-10-4-5-11-14-12(16-17(11)8-10)15-13(9-18)6-2-3-7-13/h4-5,8,18H,2-3,6-7,9H2,1H3,(H,15,16). The van der Waals surface area contributed by atoms with Gasteiger partial charge in [0, 0.05) is 6.20 Å². The molecule has 2 aromatic rings. The van der Waals surface area contributed by atoms with Gasteiger partial charge in [-0.1, -0.05) is 18.9 Å². The minimum Gasteiger partial charge on any atom is -0.394 e. The minimum absolute atomic E-state index is 0.140. The summed E-state index contributed by atoms with van der Waals surface area (Å²) < 4.78 is 1.78. The zero-order valence-electron chi connectivity index (χ0n) is 10.6. The van der Waals surface area contributed by atoms with E-state index in [0.29, 0.717) is 5.95 Å². The number of rotatable bonds is 3. The van der Waals surface area contributed by atoms with Gasteiger partial charge in [-0.2, -0.15) is 4.98 Å². The molecule has 0 amide bonds. The van der Waals surface area contributed by atoms with Gasteiger partial charge in [-0.25, -0.2) is 4.52 Å². The Balaban J connectivity index is 1.90. The van der Waals surface area contributed by atoms with Crippen molar-refractivity contribution in [2.45, 2.75) is 38.1 Å². The van der Waals surface area contributed by atoms with Crippen LogP contribution in [0.1, 0.15) is 31.2 Å². The minimum atomic E-state index is -0.222. The Morgan fingerprint density at radius 1 is 1.39 bits per heavy atom. The molecule has 5 heteroatoms. The molecular formula is C13H18N4O. The Hall–Kier alpha value is -1.62. The number of nitrogens with one attached hydrogen (secondary N) is 1. The van der Waals surface area contributed by atoms with Gasteiger partial charge in [0.2, 0.25) is 5.95 Å². The van der Waals surface area contributed by atoms with Gasteiger partial charge in [-0.3, -0.25) is 0 Å². The third-order valence-electron chi connectivity index (χ3n) is 3.72. The molecule has 0 atom stereocenters. The fourth-order valence-electron chi connectivity index (χ4n) is 2.65. The van der Waals surface area contributed by atoms with E-state index in [1.54, 1.807) is 4.52 Å². The first-order valence-electron chi connectivity index (χ1n) is 6.43. The molecule has 3 rings (SSSR count). The fraction of sp³-hybridized carbons (Fsp3) is 0.538. The van der Waals surface area contributed by atoms with Gasteiger partial charge in [0.05, 0.1) is 12.1 Å². The molecule has 1 saturated carbocycles. The van der Waals surface area contributed by atoms with Crippen LogP contribution in [0.3, 0.4) is 0 Å². The molecule has 1 aliphatic carbocycles. The number of aliphatic hydroxyl groups is 1. The number of aliphatic hydroxyl groups excluding tert-OH is 1. The molecule has 0 radical (unpaired) electrons. The second-order valence-corrected chi connectivity index (χ2v) is 5.22. The molecule has 2 N–H and O–H groups in total. The Labute approximate surface area is 106 Å². The van der Waals surface area contributed by atoms with E-state index in [0.717, 1.165) is 36.9 Å². The molecule has 5 nitrogen and oxygen atoms in total. The summed E-state index contributed by atoms with van der Waals surface area (Å²) in [6.45, 7) is 2.17. The van der Waals surface area contributed by atoms with Crippen molar-refractivity contribution >= 4 is 11.6 Å². The Kier molecular flexibility index (Phi) is 2.70. The van der Waals surface area contributed by atoms with Crippen molar-refractivity contribution in [2.24, 2.45) is 0 Å². The highest BCUT2D eigenvalue weighted by Gasteiger charge is 2.34. The van der Waals surface area contributed by atoms with E-state index >= 15 is 0 Å². The molecule has 2 aromatic heterocycles. The molecule has 1 fully saturated rings. The van der Waals surface area contributed by atoms with E-state index in [9.17, 15) is 5.11 Å². The fourth-order valence-corrected chi connectivity index (χ4v) is 2.65. The van der Waals surface area contributed by atoms with Gasteiger partial charge in [-0.05, 0) is 31.4 Å². The summed E-state index contributed by atoms with van der Waals surface area (Å²) in [5.74, 6) is 0.608. The molecule has 0 saturated heterocycles. The number of hydrogen-bond acceptors (Lipinski definition) is 4. The van der Waals surface area contributed by atoms with Gasteiger partial charge < -0.3 is 10.4 Å². The van der Waals surface area contributed by atoms with Crippen molar-refractivity contribution in [3.63, 3.8) is 0 Å². The molecule has 0 aliphatic heterocycles. The van der Waals surface area contributed by atoms with Crippen LogP contribution in [0.2, 0.25) is 0 Å². The van der Waals surface area contributed by atoms with Crippen molar-refractivity contribution in [3.05, 3.63) is 23.9 Å². The summed E-state index contributed by atoms with van der Waals surface area (Å²) in [5, 5.41) is 17.3. The second-order valence-electron chi connectivity index (χ2n) is 5.22. The first kappa shape index (κ1) is 11.5. The Morgan fingerprint density at radius 2 is 2.17 bits per heavy atom. The lowest BCUT2D eigenvalue weighted by atomic mass is 9.99. The molecule has 96 valence electrons. The van der Waals surface area contributed by atoms with Crippen molar-refractivity contribution in [2.75, 3.05) is 11.9 Å². The maximum absolute atomic E-state index is 9.57. The lowest BCUT2D eigenvalue weighted by Gasteiger charge is -2.26. The maximum Gasteiger partial charge on any atom is 0.243 e. The highest BCUT2D eigenvalue weighted by atomic mass is 16.3. The second kappa shape index (κ2) is 4.24. The highest BCUT2D eigenvalue weighted by molar-refractivity contribution is 5.45. The van der Waals surface area contributed by atoms with Crippen LogP contribution in [0, 0.1) is 6.92 Å². The quantitative estimate of drug-likeness (QED) is 0.866. The SMILES string of the molecule is Cc1ccc2nc(NC3(CO)CCCC3)nn2c1. The van der Waals surface area contributed by atoms with Crippen LogP contribution in [-0.2, 0) is 0 Å². The number of hydrogen-bond donors (Lipinski definition) is 2. The number of aromatic nitrogens is 3. The number of nitrogens with zero attached hydrogens (tertiary/aromatic N) is 3. The molecular weight excluding hydrogens is 228 g/mol. The first-order valence-corrected chi connectivity index (χ1v) is 6.43. The summed E-state index contributed by atoms with van der Waals surface area (Å²) in [6.07, 6.45) is 6.23. The van der Waals surface area contributed by atoms with Gasteiger partial charge in [0.1, 0.15) is 0 Å². The third kappa shape index (κ3) is 1.95. The average molecular weight is 246 g/mol. The predicted octanol–water partition coefficient (Wildman–Crippen LogP) is 1.75. The lowest BCUT2D eigenvalue weighted by Crippen LogP contribution is -2.39. The number of anilines is 1. The topological polar surface area (TPSA) is 62.5 Å². The van der Waals surface area contributed by atoms with E-state index in [1.165, 1.54) is 0 Å². The number of aryl methyl sites for hydroxylation is 1. The van der Waals surface area contributed by atoms with Gasteiger partial charge in [0.15, 0.2) is 5.65 Å². The summed E-state index contributed by atoms with van der Waals surface area (Å²) >= 11 is 0. The van der Waals surface area contributed by atoms with Gasteiger partial charge >= 0.3 is 0 Å². The normalized spacial score (nSPS) is 18.3. The zero-order chi connectivity index (χ0) is 12.6. The van der Waals surface area contributed by atoms with Crippen LogP contribution in [0.25, 0.3) is 5.65 Å². The first-order chi connectivity index (χ1) is 8.71. The third-order valence-corrected chi connectivity index (χ3v) is 3.72. The van der Waals surface area contributed by atoms with Crippen molar-refractivity contribution in [1.29, 1.82) is 0 Å². The van der Waals surface area contributed by atoms with Crippen molar-refractivity contribution < 1.29 is 5.11 Å². The molecule has 2 heterocycles. The molecule has 1 aliphatic rings. The van der Waals surface area contributed by atoms with Crippen LogP contribution >= 0.6 is 0 Å². The summed E-state index contributed by atoms with van der Waals surface area (Å²) in [4.78, 5) is 4.44. The van der Waals surface area contributed by atoms with E-state index < -0.39 is 0 Å². The molecule has 18 heavy (non-hydrogen) atoms. The van der Waals surface area contributed by atoms with E-state index in [-0.39, 0.29) is 12.1 Å². The van der Waals surface area contributed by atoms with Crippen LogP contribution < -0.4 is 5.32 Å². The zero-order valence-corrected chi connectivity index (χ0v) is 10.6. The maximum atomic E-state index is 9.57. The summed E-state index contributed by atoms with van der Waals surface area (Å²) in [7, 11) is 0. The Morgan fingerprint density at radius 3 is 2.89 bits per heavy atom. The molecule has 0 spiro atoms. The Bertz CT molecular complexity index is 557. The monoisotopic (exact) mass is 246 g/mol. The van der Waals surface area contributed by atoms with Crippen LogP contribution in [0.15, 0.2) is 18.3 Å². The van der Waals surface area contributed by atoms with Crippen molar-refractivity contribution in [1.82, 2.24) is 14.6 Å². The van der Waals surface area contributed by atoms with Crippen LogP contribution in [0.4, 0.5) is 5.95 Å². The molecule has 0 unspecified atom stereocenters. The number of pyridine rings is 1. The molecule has 0 aromatic carbocycles. The van der Waals surface area contributed by atoms with Gasteiger partial charge in [0.25, 0.3) is 0 Å². The average Bonchev–Trinajstić information content (AvgIpc) is 2.96. The van der Waals surface area contributed by atoms with Crippen molar-refractivity contribution in [3.8, 4) is 0 Å². The summed E-state index contributed by atoms with van der Waals surface area (Å²) in [5.41, 5.74) is 1.76. The highest BCUT2D eigenvalue weighted by Crippen LogP contribution is 2.31. The van der Waals surface area contributed by atoms with Crippen LogP contribution in [-0.4, -0.2) is 31.9 Å². The smallest absolute Gasteiger partial charge is 0.243 e. The number of fused-ring (bicyclic) bond motifs is 1. The largest absolute Gasteiger partial charge is 0.394 e.